The molecule has 0 heterocycles. The molecule has 0 fully saturated rings. The van der Waals surface area contributed by atoms with Crippen LogP contribution >= 0.6 is 0 Å². The maximum Gasteiger partial charge on any atom is 0.196 e. The van der Waals surface area contributed by atoms with E-state index in [4.69, 9.17) is 4.74 Å². The number of benzene rings is 2. The Balaban J connectivity index is 2.44. The van der Waals surface area contributed by atoms with Crippen LogP contribution in [0, 0.1) is 12.7 Å². The van der Waals surface area contributed by atoms with Crippen molar-refractivity contribution in [1.29, 1.82) is 0 Å². The second kappa shape index (κ2) is 5.65. The SMILES string of the molecule is CCOc1ccccc1C(=O)c1cc(C)cc(F)c1. The molecule has 0 aliphatic heterocycles. The number of para-hydroxylation sites is 1. The normalized spacial score (nSPS) is 10.3. The first-order valence-corrected chi connectivity index (χ1v) is 6.15. The summed E-state index contributed by atoms with van der Waals surface area (Å²) in [4.78, 5) is 12.4. The number of carbonyl (C=O) groups is 1. The first-order valence-electron chi connectivity index (χ1n) is 6.15. The Bertz CT molecular complexity index is 585. The van der Waals surface area contributed by atoms with Gasteiger partial charge in [-0.2, -0.15) is 0 Å². The molecule has 0 spiro atoms. The Morgan fingerprint density at radius 2 is 1.95 bits per heavy atom. The van der Waals surface area contributed by atoms with Crippen molar-refractivity contribution in [3.8, 4) is 5.75 Å². The second-order valence-electron chi connectivity index (χ2n) is 4.28. The van der Waals surface area contributed by atoms with Crippen LogP contribution in [0.1, 0.15) is 28.4 Å². The molecule has 3 heteroatoms. The van der Waals surface area contributed by atoms with Crippen molar-refractivity contribution >= 4 is 5.78 Å². The van der Waals surface area contributed by atoms with E-state index >= 15 is 0 Å². The third kappa shape index (κ3) is 2.99. The van der Waals surface area contributed by atoms with Crippen LogP contribution in [0.3, 0.4) is 0 Å². The van der Waals surface area contributed by atoms with E-state index in [1.165, 1.54) is 12.1 Å². The first kappa shape index (κ1) is 13.3. The second-order valence-corrected chi connectivity index (χ2v) is 4.28. The number of ketones is 1. The summed E-state index contributed by atoms with van der Waals surface area (Å²) in [5.41, 5.74) is 1.51. The van der Waals surface area contributed by atoms with Crippen molar-refractivity contribution in [3.63, 3.8) is 0 Å². The molecule has 2 rings (SSSR count). The third-order valence-corrected chi connectivity index (χ3v) is 2.74. The minimum Gasteiger partial charge on any atom is -0.493 e. The smallest absolute Gasteiger partial charge is 0.196 e. The highest BCUT2D eigenvalue weighted by Gasteiger charge is 2.15. The first-order chi connectivity index (χ1) is 9.11. The molecule has 0 amide bonds. The van der Waals surface area contributed by atoms with Gasteiger partial charge < -0.3 is 4.74 Å². The Labute approximate surface area is 111 Å². The zero-order valence-corrected chi connectivity index (χ0v) is 10.9. The average Bonchev–Trinajstić information content (AvgIpc) is 2.38. The van der Waals surface area contributed by atoms with E-state index < -0.39 is 5.82 Å². The molecule has 0 aliphatic carbocycles. The van der Waals surface area contributed by atoms with Crippen molar-refractivity contribution in [3.05, 3.63) is 65.0 Å². The number of ether oxygens (including phenoxy) is 1. The van der Waals surface area contributed by atoms with E-state index in [1.54, 1.807) is 37.3 Å². The van der Waals surface area contributed by atoms with Crippen LogP contribution in [-0.2, 0) is 0 Å². The van der Waals surface area contributed by atoms with Gasteiger partial charge in [0.2, 0.25) is 0 Å². The van der Waals surface area contributed by atoms with Gasteiger partial charge in [-0.25, -0.2) is 4.39 Å². The monoisotopic (exact) mass is 258 g/mol. The molecule has 0 saturated carbocycles. The largest absolute Gasteiger partial charge is 0.493 e. The van der Waals surface area contributed by atoms with Crippen LogP contribution in [0.2, 0.25) is 0 Å². The molecule has 0 radical (unpaired) electrons. The zero-order chi connectivity index (χ0) is 13.8. The van der Waals surface area contributed by atoms with Crippen LogP contribution in [-0.4, -0.2) is 12.4 Å². The lowest BCUT2D eigenvalue weighted by Gasteiger charge is -2.09. The van der Waals surface area contributed by atoms with Gasteiger partial charge in [0.1, 0.15) is 11.6 Å². The molecule has 19 heavy (non-hydrogen) atoms. The van der Waals surface area contributed by atoms with Crippen molar-refractivity contribution in [2.75, 3.05) is 6.61 Å². The highest BCUT2D eigenvalue weighted by molar-refractivity contribution is 6.10. The predicted octanol–water partition coefficient (Wildman–Crippen LogP) is 3.76. The molecule has 2 aromatic rings. The van der Waals surface area contributed by atoms with Gasteiger partial charge in [0.15, 0.2) is 5.78 Å². The van der Waals surface area contributed by atoms with Crippen molar-refractivity contribution in [2.45, 2.75) is 13.8 Å². The summed E-state index contributed by atoms with van der Waals surface area (Å²) in [6.07, 6.45) is 0. The molecule has 0 saturated heterocycles. The summed E-state index contributed by atoms with van der Waals surface area (Å²) < 4.78 is 18.8. The zero-order valence-electron chi connectivity index (χ0n) is 10.9. The highest BCUT2D eigenvalue weighted by atomic mass is 19.1. The van der Waals surface area contributed by atoms with Gasteiger partial charge in [0.25, 0.3) is 0 Å². The molecular formula is C16H15FO2. The summed E-state index contributed by atoms with van der Waals surface area (Å²) >= 11 is 0. The lowest BCUT2D eigenvalue weighted by molar-refractivity contribution is 0.103. The van der Waals surface area contributed by atoms with Gasteiger partial charge in [-0.1, -0.05) is 12.1 Å². The van der Waals surface area contributed by atoms with E-state index in [1.807, 2.05) is 6.92 Å². The topological polar surface area (TPSA) is 26.3 Å². The molecule has 98 valence electrons. The maximum atomic E-state index is 13.4. The summed E-state index contributed by atoms with van der Waals surface area (Å²) in [5.74, 6) is -0.110. The lowest BCUT2D eigenvalue weighted by atomic mass is 10.0. The molecule has 0 N–H and O–H groups in total. The van der Waals surface area contributed by atoms with Crippen molar-refractivity contribution < 1.29 is 13.9 Å². The highest BCUT2D eigenvalue weighted by Crippen LogP contribution is 2.22. The number of aryl methyl sites for hydroxylation is 1. The van der Waals surface area contributed by atoms with Crippen LogP contribution in [0.4, 0.5) is 4.39 Å². The molecule has 0 aliphatic rings. The fourth-order valence-corrected chi connectivity index (χ4v) is 1.96. The van der Waals surface area contributed by atoms with Crippen LogP contribution < -0.4 is 4.74 Å². The number of hydrogen-bond donors (Lipinski definition) is 0. The average molecular weight is 258 g/mol. The molecule has 2 nitrogen and oxygen atoms in total. The lowest BCUT2D eigenvalue weighted by Crippen LogP contribution is -2.06. The number of rotatable bonds is 4. The minimum atomic E-state index is -0.405. The van der Waals surface area contributed by atoms with Crippen LogP contribution in [0.5, 0.6) is 5.75 Å². The van der Waals surface area contributed by atoms with Gasteiger partial charge in [0.05, 0.1) is 12.2 Å². The molecule has 0 atom stereocenters. The fourth-order valence-electron chi connectivity index (χ4n) is 1.96. The Kier molecular flexibility index (Phi) is 3.95. The van der Waals surface area contributed by atoms with E-state index in [0.717, 1.165) is 5.56 Å². The van der Waals surface area contributed by atoms with Gasteiger partial charge in [-0.15, -0.1) is 0 Å². The third-order valence-electron chi connectivity index (χ3n) is 2.74. The predicted molar refractivity (Wildman–Crippen MR) is 72.2 cm³/mol. The van der Waals surface area contributed by atoms with Gasteiger partial charge in [0, 0.05) is 5.56 Å². The summed E-state index contributed by atoms with van der Waals surface area (Å²) in [5, 5.41) is 0. The summed E-state index contributed by atoms with van der Waals surface area (Å²) in [6, 6.07) is 11.3. The van der Waals surface area contributed by atoms with E-state index in [9.17, 15) is 9.18 Å². The maximum absolute atomic E-state index is 13.4. The van der Waals surface area contributed by atoms with Crippen LogP contribution in [0.15, 0.2) is 42.5 Å². The van der Waals surface area contributed by atoms with Gasteiger partial charge in [-0.05, 0) is 49.7 Å². The Hall–Kier alpha value is -2.16. The summed E-state index contributed by atoms with van der Waals surface area (Å²) in [6.45, 7) is 4.09. The fraction of sp³-hybridized carbons (Fsp3) is 0.188. The quantitative estimate of drug-likeness (QED) is 0.780. The van der Waals surface area contributed by atoms with Crippen molar-refractivity contribution in [1.82, 2.24) is 0 Å². The van der Waals surface area contributed by atoms with E-state index in [-0.39, 0.29) is 5.78 Å². The number of carbonyl (C=O) groups excluding carboxylic acids is 1. The Morgan fingerprint density at radius 3 is 2.63 bits per heavy atom. The number of halogens is 1. The standard InChI is InChI=1S/C16H15FO2/c1-3-19-15-7-5-4-6-14(15)16(18)12-8-11(2)9-13(17)10-12/h4-10H,3H2,1-2H3. The minimum absolute atomic E-state index is 0.230. The molecular weight excluding hydrogens is 243 g/mol. The number of hydrogen-bond acceptors (Lipinski definition) is 2. The summed E-state index contributed by atoms with van der Waals surface area (Å²) in [7, 11) is 0. The Morgan fingerprint density at radius 1 is 1.21 bits per heavy atom. The molecule has 2 aromatic carbocycles. The molecule has 0 bridgehead atoms. The van der Waals surface area contributed by atoms with E-state index in [0.29, 0.717) is 23.5 Å². The van der Waals surface area contributed by atoms with Crippen molar-refractivity contribution in [2.24, 2.45) is 0 Å². The van der Waals surface area contributed by atoms with Crippen LogP contribution in [0.25, 0.3) is 0 Å². The van der Waals surface area contributed by atoms with Gasteiger partial charge in [-0.3, -0.25) is 4.79 Å². The molecule has 0 aromatic heterocycles. The molecule has 0 unspecified atom stereocenters. The van der Waals surface area contributed by atoms with Gasteiger partial charge >= 0.3 is 0 Å². The van der Waals surface area contributed by atoms with E-state index in [2.05, 4.69) is 0 Å².